The third-order valence-electron chi connectivity index (χ3n) is 10.5. The van der Waals surface area contributed by atoms with Crippen LogP contribution in [0.15, 0.2) is 71.6 Å². The normalized spacial score (nSPS) is 25.7. The topological polar surface area (TPSA) is 137 Å². The number of piperidine rings is 2. The summed E-state index contributed by atoms with van der Waals surface area (Å²) in [6.45, 7) is 3.43. The summed E-state index contributed by atoms with van der Waals surface area (Å²) in [5.41, 5.74) is 0.805. The van der Waals surface area contributed by atoms with E-state index in [0.717, 1.165) is 24.8 Å². The highest BCUT2D eigenvalue weighted by molar-refractivity contribution is 7.89. The number of allylic oxidation sites excluding steroid dienone is 2. The van der Waals surface area contributed by atoms with Gasteiger partial charge in [-0.3, -0.25) is 19.3 Å². The molecule has 264 valence electrons. The van der Waals surface area contributed by atoms with E-state index < -0.39 is 21.5 Å². The molecule has 3 N–H and O–H groups in total. The van der Waals surface area contributed by atoms with Crippen molar-refractivity contribution < 1.29 is 27.5 Å². The lowest BCUT2D eigenvalue weighted by Gasteiger charge is -2.40. The lowest BCUT2D eigenvalue weighted by Crippen LogP contribution is -2.58. The van der Waals surface area contributed by atoms with E-state index >= 15 is 0 Å². The van der Waals surface area contributed by atoms with E-state index in [1.165, 1.54) is 10.4 Å². The zero-order chi connectivity index (χ0) is 34.3. The van der Waals surface area contributed by atoms with Gasteiger partial charge in [0.25, 0.3) is 0 Å². The minimum atomic E-state index is -3.61. The summed E-state index contributed by atoms with van der Waals surface area (Å²) >= 11 is 0. The van der Waals surface area contributed by atoms with Crippen molar-refractivity contribution in [1.29, 1.82) is 0 Å². The number of carbonyl (C=O) groups excluding carboxylic acids is 3. The van der Waals surface area contributed by atoms with Crippen molar-refractivity contribution in [2.24, 2.45) is 11.3 Å². The number of rotatable bonds is 7. The number of sulfonamides is 1. The standard InChI is InChI=1S/C37H49N5O6S/c43-34(38-30-13-9-14-31(25-30)49(46,47)42-19-7-2-8-20-42)27-41-21-15-32-29(26-41)12-5-6-16-37(17-22-48-23-18-37)36(45)40-33(35(44)39-32)24-28-10-3-1-4-11-28/h1,3-6,9-11,13-14,25,29,32-33H,2,7-8,12,15-24,26-27H2,(H,38,43)(H,39,44)(H,40,45)/t29-,32+,33-/m1/s1. The highest BCUT2D eigenvalue weighted by Gasteiger charge is 2.41. The molecule has 0 saturated carbocycles. The molecular weight excluding hydrogens is 643 g/mol. The van der Waals surface area contributed by atoms with E-state index in [2.05, 4.69) is 33.0 Å². The maximum Gasteiger partial charge on any atom is 0.243 e. The number of carbonyl (C=O) groups is 3. The lowest BCUT2D eigenvalue weighted by atomic mass is 9.75. The van der Waals surface area contributed by atoms with Crippen molar-refractivity contribution in [3.63, 3.8) is 0 Å². The number of hydrogen-bond donors (Lipinski definition) is 3. The Kier molecular flexibility index (Phi) is 11.5. The third-order valence-corrected chi connectivity index (χ3v) is 12.4. The van der Waals surface area contributed by atoms with Gasteiger partial charge in [0, 0.05) is 57.5 Å². The van der Waals surface area contributed by atoms with Crippen LogP contribution in [0.3, 0.4) is 0 Å². The van der Waals surface area contributed by atoms with Gasteiger partial charge < -0.3 is 20.7 Å². The number of nitrogens with zero attached hydrogens (tertiary/aromatic N) is 2. The fraction of sp³-hybridized carbons (Fsp3) is 0.541. The van der Waals surface area contributed by atoms with Gasteiger partial charge in [-0.2, -0.15) is 4.31 Å². The second-order valence-corrected chi connectivity index (χ2v) is 15.9. The van der Waals surface area contributed by atoms with Gasteiger partial charge in [-0.25, -0.2) is 8.42 Å². The molecule has 0 bridgehead atoms. The molecule has 2 aromatic rings. The molecule has 0 radical (unpaired) electrons. The summed E-state index contributed by atoms with van der Waals surface area (Å²) in [7, 11) is -3.61. The Bertz CT molecular complexity index is 1600. The largest absolute Gasteiger partial charge is 0.381 e. The van der Waals surface area contributed by atoms with Crippen molar-refractivity contribution in [1.82, 2.24) is 19.8 Å². The fourth-order valence-corrected chi connectivity index (χ4v) is 9.16. The highest BCUT2D eigenvalue weighted by Crippen LogP contribution is 2.36. The second-order valence-electron chi connectivity index (χ2n) is 14.0. The van der Waals surface area contributed by atoms with Gasteiger partial charge in [0.05, 0.1) is 16.9 Å². The quantitative estimate of drug-likeness (QED) is 0.379. The molecule has 11 nitrogen and oxygen atoms in total. The first-order chi connectivity index (χ1) is 23.7. The van der Waals surface area contributed by atoms with Crippen LogP contribution in [0.1, 0.15) is 56.9 Å². The van der Waals surface area contributed by atoms with Gasteiger partial charge in [-0.15, -0.1) is 0 Å². The molecule has 4 heterocycles. The number of hydrogen-bond acceptors (Lipinski definition) is 7. The van der Waals surface area contributed by atoms with Crippen LogP contribution >= 0.6 is 0 Å². The Labute approximate surface area is 289 Å². The average Bonchev–Trinajstić information content (AvgIpc) is 3.11. The summed E-state index contributed by atoms with van der Waals surface area (Å²) < 4.78 is 33.5. The minimum absolute atomic E-state index is 0.0675. The van der Waals surface area contributed by atoms with Crippen molar-refractivity contribution in [2.45, 2.75) is 74.8 Å². The van der Waals surface area contributed by atoms with Gasteiger partial charge >= 0.3 is 0 Å². The van der Waals surface area contributed by atoms with E-state index in [1.807, 2.05) is 30.3 Å². The molecule has 0 aromatic heterocycles. The summed E-state index contributed by atoms with van der Waals surface area (Å²) in [6, 6.07) is 15.4. The zero-order valence-corrected chi connectivity index (χ0v) is 29.0. The van der Waals surface area contributed by atoms with Gasteiger partial charge in [0.2, 0.25) is 27.7 Å². The number of likely N-dealkylation sites (tertiary alicyclic amines) is 1. The molecule has 6 rings (SSSR count). The molecule has 0 unspecified atom stereocenters. The number of anilines is 1. The van der Waals surface area contributed by atoms with Crippen molar-refractivity contribution in [3.05, 3.63) is 72.3 Å². The smallest absolute Gasteiger partial charge is 0.243 e. The number of benzene rings is 2. The van der Waals surface area contributed by atoms with E-state index in [1.54, 1.807) is 18.2 Å². The fourth-order valence-electron chi connectivity index (χ4n) is 7.59. The molecular formula is C37H49N5O6S. The van der Waals surface area contributed by atoms with Crippen LogP contribution in [0, 0.1) is 11.3 Å². The van der Waals surface area contributed by atoms with Crippen LogP contribution in [0.25, 0.3) is 0 Å². The van der Waals surface area contributed by atoms with Crippen LogP contribution in [0.2, 0.25) is 0 Å². The minimum Gasteiger partial charge on any atom is -0.381 e. The second kappa shape index (κ2) is 16.0. The third kappa shape index (κ3) is 8.78. The molecule has 0 aliphatic carbocycles. The van der Waals surface area contributed by atoms with E-state index in [-0.39, 0.29) is 41.1 Å². The van der Waals surface area contributed by atoms with E-state index in [4.69, 9.17) is 4.74 Å². The van der Waals surface area contributed by atoms with E-state index in [0.29, 0.717) is 83.6 Å². The Hall–Kier alpha value is -3.58. The summed E-state index contributed by atoms with van der Waals surface area (Å²) in [5, 5.41) is 9.32. The molecule has 3 fully saturated rings. The molecule has 1 spiro atoms. The number of ether oxygens (including phenoxy) is 1. The highest BCUT2D eigenvalue weighted by atomic mass is 32.2. The molecule has 4 aliphatic rings. The average molecular weight is 692 g/mol. The van der Waals surface area contributed by atoms with Crippen LogP contribution in [0.5, 0.6) is 0 Å². The number of fused-ring (bicyclic) bond motifs is 1. The van der Waals surface area contributed by atoms with Crippen molar-refractivity contribution in [3.8, 4) is 0 Å². The first kappa shape index (κ1) is 35.3. The molecule has 4 aliphatic heterocycles. The Morgan fingerprint density at radius 1 is 0.939 bits per heavy atom. The molecule has 12 heteroatoms. The molecule has 3 saturated heterocycles. The van der Waals surface area contributed by atoms with Gasteiger partial charge in [0.1, 0.15) is 6.04 Å². The maximum absolute atomic E-state index is 13.9. The van der Waals surface area contributed by atoms with Gasteiger partial charge in [0.15, 0.2) is 0 Å². The summed E-state index contributed by atoms with van der Waals surface area (Å²) in [4.78, 5) is 43.2. The number of nitrogens with one attached hydrogen (secondary N) is 3. The van der Waals surface area contributed by atoms with Gasteiger partial charge in [-0.1, -0.05) is 55.0 Å². The molecule has 3 atom stereocenters. The van der Waals surface area contributed by atoms with Crippen molar-refractivity contribution >= 4 is 33.4 Å². The van der Waals surface area contributed by atoms with E-state index in [9.17, 15) is 22.8 Å². The Balaban J connectivity index is 1.13. The van der Waals surface area contributed by atoms with Crippen LogP contribution in [0.4, 0.5) is 5.69 Å². The first-order valence-electron chi connectivity index (χ1n) is 17.7. The molecule has 49 heavy (non-hydrogen) atoms. The maximum atomic E-state index is 13.9. The predicted molar refractivity (Wildman–Crippen MR) is 187 cm³/mol. The van der Waals surface area contributed by atoms with Crippen molar-refractivity contribution in [2.75, 3.05) is 51.3 Å². The van der Waals surface area contributed by atoms with Crippen LogP contribution in [-0.2, 0) is 35.6 Å². The Morgan fingerprint density at radius 3 is 2.49 bits per heavy atom. The van der Waals surface area contributed by atoms with Crippen LogP contribution < -0.4 is 16.0 Å². The van der Waals surface area contributed by atoms with Crippen LogP contribution in [-0.4, -0.2) is 93.4 Å². The SMILES string of the molecule is O=C(CN1CC[C@@H]2NC(=O)[C@@H](Cc3ccccc3)NC(=O)C3(CC=CC[C@@H]2C1)CCOCC3)Nc1cccc(S(=O)(=O)N2CCCCC2)c1. The molecule has 3 amide bonds. The predicted octanol–water partition coefficient (Wildman–Crippen LogP) is 3.48. The lowest BCUT2D eigenvalue weighted by molar-refractivity contribution is -0.140. The Morgan fingerprint density at radius 2 is 1.71 bits per heavy atom. The monoisotopic (exact) mass is 691 g/mol. The summed E-state index contributed by atoms with van der Waals surface area (Å²) in [5.74, 6) is -0.433. The summed E-state index contributed by atoms with van der Waals surface area (Å²) in [6.07, 6.45) is 10.5. The number of amides is 3. The zero-order valence-electron chi connectivity index (χ0n) is 28.1. The molecule has 2 aromatic carbocycles. The van der Waals surface area contributed by atoms with Gasteiger partial charge in [-0.05, 0) is 74.6 Å². The first-order valence-corrected chi connectivity index (χ1v) is 19.2.